The van der Waals surface area contributed by atoms with Gasteiger partial charge in [0.25, 0.3) is 5.91 Å². The Balaban J connectivity index is 1.81. The lowest BCUT2D eigenvalue weighted by Gasteiger charge is -2.29. The van der Waals surface area contributed by atoms with Gasteiger partial charge in [0.15, 0.2) is 11.5 Å². The van der Waals surface area contributed by atoms with E-state index < -0.39 is 30.1 Å². The highest BCUT2D eigenvalue weighted by atomic mass is 16.5. The standard InChI is InChI=1S/C30H41N3O7/c1-19(2)28-21(4)9-10-22(34)11-13-31-12-5-7-20(3)15-23(35)16-24(36)17-27-32-25(18-39-27)29(37)33-14-6-8-26(33)30(38)40-28/h5,7,9-10,15,18-19,21,23,26,28,31,35H,6,8,11-14,16-17H2,1-4H3/b7-5+,10-9+,20-15+/t21-,23-,26?,28-/m1/s1. The number of hydrogen-bond donors (Lipinski definition) is 2. The average Bonchev–Trinajstić information content (AvgIpc) is 3.56. The first-order chi connectivity index (χ1) is 19.0. The summed E-state index contributed by atoms with van der Waals surface area (Å²) in [5, 5.41) is 13.5. The molecule has 2 bridgehead atoms. The van der Waals surface area contributed by atoms with Gasteiger partial charge in [-0.15, -0.1) is 0 Å². The van der Waals surface area contributed by atoms with Crippen molar-refractivity contribution in [2.75, 3.05) is 19.6 Å². The van der Waals surface area contributed by atoms with Crippen LogP contribution in [-0.4, -0.2) is 76.3 Å². The molecule has 3 heterocycles. The van der Waals surface area contributed by atoms with Gasteiger partial charge < -0.3 is 24.5 Å². The summed E-state index contributed by atoms with van der Waals surface area (Å²) in [4.78, 5) is 56.9. The molecule has 2 aliphatic heterocycles. The van der Waals surface area contributed by atoms with Crippen molar-refractivity contribution in [1.82, 2.24) is 15.2 Å². The molecule has 2 aliphatic rings. The van der Waals surface area contributed by atoms with E-state index in [4.69, 9.17) is 9.15 Å². The Bertz CT molecular complexity index is 1150. The summed E-state index contributed by atoms with van der Waals surface area (Å²) in [7, 11) is 0. The van der Waals surface area contributed by atoms with Crippen LogP contribution in [0.1, 0.15) is 69.8 Å². The maximum absolute atomic E-state index is 13.2. The molecule has 3 rings (SSSR count). The lowest BCUT2D eigenvalue weighted by atomic mass is 9.93. The number of carbonyl (C=O) groups is 4. The van der Waals surface area contributed by atoms with Crippen LogP contribution in [0.4, 0.5) is 0 Å². The fourth-order valence-electron chi connectivity index (χ4n) is 4.94. The molecule has 4 atom stereocenters. The van der Waals surface area contributed by atoms with Crippen molar-refractivity contribution in [2.45, 2.75) is 78.0 Å². The number of fused-ring (bicyclic) bond motifs is 3. The Morgan fingerprint density at radius 2 is 1.95 bits per heavy atom. The number of rotatable bonds is 1. The van der Waals surface area contributed by atoms with Crippen molar-refractivity contribution in [1.29, 1.82) is 0 Å². The molecule has 1 fully saturated rings. The zero-order valence-corrected chi connectivity index (χ0v) is 23.8. The van der Waals surface area contributed by atoms with Gasteiger partial charge in [-0.25, -0.2) is 9.78 Å². The monoisotopic (exact) mass is 555 g/mol. The number of ketones is 2. The number of esters is 1. The molecular formula is C30H41N3O7. The van der Waals surface area contributed by atoms with Crippen LogP contribution in [0.15, 0.2) is 46.6 Å². The van der Waals surface area contributed by atoms with Crippen LogP contribution in [0.3, 0.4) is 0 Å². The zero-order chi connectivity index (χ0) is 29.2. The minimum absolute atomic E-state index is 0.00740. The maximum Gasteiger partial charge on any atom is 0.329 e. The van der Waals surface area contributed by atoms with Crippen LogP contribution in [0.5, 0.6) is 0 Å². The average molecular weight is 556 g/mol. The van der Waals surface area contributed by atoms with Crippen LogP contribution >= 0.6 is 0 Å². The predicted molar refractivity (Wildman–Crippen MR) is 148 cm³/mol. The highest BCUT2D eigenvalue weighted by Crippen LogP contribution is 2.25. The first-order valence-electron chi connectivity index (χ1n) is 14.0. The van der Waals surface area contributed by atoms with Crippen molar-refractivity contribution < 1.29 is 33.4 Å². The Hall–Kier alpha value is -3.37. The SMILES string of the molecule is CC1=C\[C@@H](O)CC(=O)Cc2nc(co2)C(=O)N2CCCC2C(=O)O[C@H](C(C)C)[C@H](C)/C=C/C(=O)CCNC\C=C\1. The smallest absolute Gasteiger partial charge is 0.329 e. The van der Waals surface area contributed by atoms with Gasteiger partial charge in [-0.05, 0) is 31.8 Å². The Kier molecular flexibility index (Phi) is 11.6. The van der Waals surface area contributed by atoms with Crippen LogP contribution in [-0.2, 0) is 25.5 Å². The van der Waals surface area contributed by atoms with E-state index in [-0.39, 0.29) is 47.8 Å². The molecule has 1 aromatic heterocycles. The number of nitrogens with one attached hydrogen (secondary N) is 1. The second kappa shape index (κ2) is 14.9. The summed E-state index contributed by atoms with van der Waals surface area (Å²) < 4.78 is 11.3. The number of hydrogen-bond acceptors (Lipinski definition) is 9. The van der Waals surface area contributed by atoms with Crippen molar-refractivity contribution in [3.8, 4) is 0 Å². The van der Waals surface area contributed by atoms with Crippen LogP contribution in [0.25, 0.3) is 0 Å². The van der Waals surface area contributed by atoms with E-state index in [9.17, 15) is 24.3 Å². The van der Waals surface area contributed by atoms with Crippen LogP contribution < -0.4 is 5.32 Å². The zero-order valence-electron chi connectivity index (χ0n) is 23.8. The summed E-state index contributed by atoms with van der Waals surface area (Å²) >= 11 is 0. The fourth-order valence-corrected chi connectivity index (χ4v) is 4.94. The Morgan fingerprint density at radius 1 is 1.18 bits per heavy atom. The molecule has 1 unspecified atom stereocenters. The molecule has 0 saturated carbocycles. The topological polar surface area (TPSA) is 139 Å². The van der Waals surface area contributed by atoms with Crippen LogP contribution in [0.2, 0.25) is 0 Å². The third-order valence-corrected chi connectivity index (χ3v) is 7.00. The number of nitrogens with zero attached hydrogens (tertiary/aromatic N) is 2. The van der Waals surface area contributed by atoms with E-state index in [1.54, 1.807) is 12.2 Å². The number of aliphatic hydroxyl groups is 1. The minimum Gasteiger partial charge on any atom is -0.460 e. The molecule has 1 aromatic rings. The number of amides is 1. The van der Waals surface area contributed by atoms with E-state index in [1.807, 2.05) is 39.8 Å². The first-order valence-corrected chi connectivity index (χ1v) is 14.0. The highest BCUT2D eigenvalue weighted by Gasteiger charge is 2.38. The van der Waals surface area contributed by atoms with Gasteiger partial charge in [0.1, 0.15) is 24.2 Å². The number of allylic oxidation sites excluding steroid dienone is 3. The minimum atomic E-state index is -0.978. The normalized spacial score (nSPS) is 29.6. The van der Waals surface area contributed by atoms with Crippen molar-refractivity contribution in [3.63, 3.8) is 0 Å². The summed E-state index contributed by atoms with van der Waals surface area (Å²) in [5.74, 6) is -1.42. The lowest BCUT2D eigenvalue weighted by molar-refractivity contribution is -0.158. The number of Topliss-reactive ketones (excluding diaryl/α,β-unsaturated/α-hetero) is 1. The number of carbonyl (C=O) groups excluding carboxylic acids is 4. The molecule has 10 heteroatoms. The van der Waals surface area contributed by atoms with Crippen molar-refractivity contribution >= 4 is 23.4 Å². The number of aliphatic hydroxyl groups excluding tert-OH is 1. The molecule has 1 saturated heterocycles. The second-order valence-electron chi connectivity index (χ2n) is 10.9. The number of aromatic nitrogens is 1. The molecule has 0 radical (unpaired) electrons. The van der Waals surface area contributed by atoms with E-state index in [0.29, 0.717) is 38.9 Å². The number of cyclic esters (lactones) is 1. The third kappa shape index (κ3) is 9.09. The predicted octanol–water partition coefficient (Wildman–Crippen LogP) is 2.97. The number of ether oxygens (including phenoxy) is 1. The quantitative estimate of drug-likeness (QED) is 0.501. The molecule has 0 spiro atoms. The Labute approximate surface area is 235 Å². The summed E-state index contributed by atoms with van der Waals surface area (Å²) in [6.45, 7) is 9.04. The largest absolute Gasteiger partial charge is 0.460 e. The van der Waals surface area contributed by atoms with Gasteiger partial charge in [0.05, 0.1) is 12.5 Å². The van der Waals surface area contributed by atoms with Crippen molar-refractivity contribution in [3.05, 3.63) is 53.8 Å². The summed E-state index contributed by atoms with van der Waals surface area (Å²) in [6, 6.07) is -0.757. The maximum atomic E-state index is 13.2. The molecule has 1 amide bonds. The van der Waals surface area contributed by atoms with E-state index in [1.165, 1.54) is 17.2 Å². The molecule has 0 aliphatic carbocycles. The van der Waals surface area contributed by atoms with Gasteiger partial charge >= 0.3 is 5.97 Å². The molecule has 10 nitrogen and oxygen atoms in total. The fraction of sp³-hybridized carbons (Fsp3) is 0.567. The first kappa shape index (κ1) is 31.2. The summed E-state index contributed by atoms with van der Waals surface area (Å²) in [5.41, 5.74) is 0.805. The Morgan fingerprint density at radius 3 is 2.70 bits per heavy atom. The van der Waals surface area contributed by atoms with Crippen molar-refractivity contribution in [2.24, 2.45) is 11.8 Å². The summed E-state index contributed by atoms with van der Waals surface area (Å²) in [6.07, 6.45) is 9.49. The second-order valence-corrected chi connectivity index (χ2v) is 10.9. The van der Waals surface area contributed by atoms with Gasteiger partial charge in [0, 0.05) is 38.4 Å². The highest BCUT2D eigenvalue weighted by molar-refractivity contribution is 5.95. The van der Waals surface area contributed by atoms with E-state index >= 15 is 0 Å². The van der Waals surface area contributed by atoms with Gasteiger partial charge in [-0.3, -0.25) is 14.4 Å². The molecule has 0 aromatic carbocycles. The van der Waals surface area contributed by atoms with Crippen LogP contribution in [0, 0.1) is 11.8 Å². The van der Waals surface area contributed by atoms with E-state index in [0.717, 1.165) is 5.57 Å². The molecule has 2 N–H and O–H groups in total. The third-order valence-electron chi connectivity index (χ3n) is 7.00. The molecular weight excluding hydrogens is 514 g/mol. The van der Waals surface area contributed by atoms with Gasteiger partial charge in [0.2, 0.25) is 5.89 Å². The molecule has 218 valence electrons. The molecule has 40 heavy (non-hydrogen) atoms. The number of oxazole rings is 1. The lowest BCUT2D eigenvalue weighted by Crippen LogP contribution is -2.44. The van der Waals surface area contributed by atoms with Gasteiger partial charge in [-0.1, -0.05) is 50.6 Å². The van der Waals surface area contributed by atoms with E-state index in [2.05, 4.69) is 10.3 Å². The van der Waals surface area contributed by atoms with Gasteiger partial charge in [-0.2, -0.15) is 0 Å².